The number of hydrogen-bond acceptors (Lipinski definition) is 3. The Morgan fingerprint density at radius 2 is 1.65 bits per heavy atom. The summed E-state index contributed by atoms with van der Waals surface area (Å²) in [6.07, 6.45) is 3.84. The molecule has 0 bridgehead atoms. The fourth-order valence-electron chi connectivity index (χ4n) is 2.48. The number of nitrogens with one attached hydrogen (secondary N) is 2. The molecular formula is C19H20FN5O. The predicted octanol–water partition coefficient (Wildman–Crippen LogP) is 2.51. The van der Waals surface area contributed by atoms with Crippen LogP contribution in [0.5, 0.6) is 0 Å². The molecule has 2 aromatic carbocycles. The number of rotatable bonds is 7. The topological polar surface area (TPSA) is 71.8 Å². The van der Waals surface area contributed by atoms with E-state index in [2.05, 4.69) is 20.7 Å². The summed E-state index contributed by atoms with van der Waals surface area (Å²) in [6, 6.07) is 14.0. The van der Waals surface area contributed by atoms with Crippen LogP contribution in [0.15, 0.2) is 61.2 Å². The van der Waals surface area contributed by atoms with Gasteiger partial charge < -0.3 is 10.6 Å². The maximum atomic E-state index is 12.8. The molecule has 134 valence electrons. The highest BCUT2D eigenvalue weighted by Crippen LogP contribution is 2.06. The second-order valence-corrected chi connectivity index (χ2v) is 5.90. The van der Waals surface area contributed by atoms with Gasteiger partial charge in [-0.05, 0) is 35.2 Å². The van der Waals surface area contributed by atoms with E-state index in [-0.39, 0.29) is 11.8 Å². The van der Waals surface area contributed by atoms with Crippen LogP contribution in [0, 0.1) is 5.82 Å². The first-order valence-electron chi connectivity index (χ1n) is 8.35. The van der Waals surface area contributed by atoms with Gasteiger partial charge in [0.2, 0.25) is 0 Å². The molecule has 3 rings (SSSR count). The molecule has 2 amide bonds. The Labute approximate surface area is 151 Å². The van der Waals surface area contributed by atoms with Crippen molar-refractivity contribution >= 4 is 6.03 Å². The fourth-order valence-corrected chi connectivity index (χ4v) is 2.48. The van der Waals surface area contributed by atoms with Gasteiger partial charge >= 0.3 is 6.03 Å². The third-order valence-electron chi connectivity index (χ3n) is 3.90. The van der Waals surface area contributed by atoms with Crippen molar-refractivity contribution in [3.63, 3.8) is 0 Å². The van der Waals surface area contributed by atoms with E-state index in [0.29, 0.717) is 26.1 Å². The number of benzene rings is 2. The maximum absolute atomic E-state index is 12.8. The van der Waals surface area contributed by atoms with Crippen LogP contribution in [-0.4, -0.2) is 27.3 Å². The van der Waals surface area contributed by atoms with Gasteiger partial charge in [-0.1, -0.05) is 36.4 Å². The lowest BCUT2D eigenvalue weighted by Crippen LogP contribution is -2.36. The first kappa shape index (κ1) is 17.6. The zero-order valence-electron chi connectivity index (χ0n) is 14.2. The highest BCUT2D eigenvalue weighted by atomic mass is 19.1. The quantitative estimate of drug-likeness (QED) is 0.686. The largest absolute Gasteiger partial charge is 0.338 e. The van der Waals surface area contributed by atoms with E-state index >= 15 is 0 Å². The number of urea groups is 1. The molecule has 0 saturated carbocycles. The van der Waals surface area contributed by atoms with Crippen LogP contribution in [0.4, 0.5) is 9.18 Å². The van der Waals surface area contributed by atoms with E-state index in [9.17, 15) is 9.18 Å². The fraction of sp³-hybridized carbons (Fsp3) is 0.211. The first-order valence-corrected chi connectivity index (χ1v) is 8.35. The lowest BCUT2D eigenvalue weighted by atomic mass is 10.1. The molecule has 3 aromatic rings. The van der Waals surface area contributed by atoms with Gasteiger partial charge in [0.05, 0.1) is 6.54 Å². The van der Waals surface area contributed by atoms with Crippen molar-refractivity contribution < 1.29 is 9.18 Å². The van der Waals surface area contributed by atoms with Gasteiger partial charge in [0.25, 0.3) is 0 Å². The molecular weight excluding hydrogens is 333 g/mol. The van der Waals surface area contributed by atoms with Crippen molar-refractivity contribution in [1.29, 1.82) is 0 Å². The Morgan fingerprint density at radius 3 is 2.35 bits per heavy atom. The minimum Gasteiger partial charge on any atom is -0.338 e. The molecule has 7 heteroatoms. The summed E-state index contributed by atoms with van der Waals surface area (Å²) in [7, 11) is 0. The molecule has 26 heavy (non-hydrogen) atoms. The van der Waals surface area contributed by atoms with Crippen LogP contribution >= 0.6 is 0 Å². The lowest BCUT2D eigenvalue weighted by molar-refractivity contribution is 0.240. The van der Waals surface area contributed by atoms with Crippen molar-refractivity contribution in [1.82, 2.24) is 25.4 Å². The van der Waals surface area contributed by atoms with Gasteiger partial charge in [-0.3, -0.25) is 0 Å². The average molecular weight is 353 g/mol. The van der Waals surface area contributed by atoms with Gasteiger partial charge in [0, 0.05) is 13.1 Å². The lowest BCUT2D eigenvalue weighted by Gasteiger charge is -2.08. The summed E-state index contributed by atoms with van der Waals surface area (Å²) in [5, 5.41) is 9.69. The number of aromatic nitrogens is 3. The standard InChI is InChI=1S/C19H20FN5O/c20-18-7-5-15(6-8-18)9-10-22-19(26)23-11-16-1-3-17(4-2-16)12-25-14-21-13-24-25/h1-8,13-14H,9-12H2,(H2,22,23,26). The summed E-state index contributed by atoms with van der Waals surface area (Å²) in [4.78, 5) is 15.8. The molecule has 0 radical (unpaired) electrons. The van der Waals surface area contributed by atoms with Crippen LogP contribution in [0.3, 0.4) is 0 Å². The number of carbonyl (C=O) groups excluding carboxylic acids is 1. The predicted molar refractivity (Wildman–Crippen MR) is 95.9 cm³/mol. The van der Waals surface area contributed by atoms with Crippen molar-refractivity contribution in [2.45, 2.75) is 19.5 Å². The van der Waals surface area contributed by atoms with Crippen molar-refractivity contribution in [2.75, 3.05) is 6.54 Å². The van der Waals surface area contributed by atoms with Gasteiger partial charge in [0.1, 0.15) is 18.5 Å². The summed E-state index contributed by atoms with van der Waals surface area (Å²) < 4.78 is 14.6. The normalized spacial score (nSPS) is 10.5. The van der Waals surface area contributed by atoms with Crippen molar-refractivity contribution in [2.24, 2.45) is 0 Å². The van der Waals surface area contributed by atoms with Gasteiger partial charge in [0.15, 0.2) is 0 Å². The third kappa shape index (κ3) is 5.41. The van der Waals surface area contributed by atoms with Crippen LogP contribution in [-0.2, 0) is 19.5 Å². The molecule has 0 unspecified atom stereocenters. The highest BCUT2D eigenvalue weighted by Gasteiger charge is 2.02. The molecule has 0 saturated heterocycles. The highest BCUT2D eigenvalue weighted by molar-refractivity contribution is 5.73. The maximum Gasteiger partial charge on any atom is 0.315 e. The Bertz CT molecular complexity index is 816. The molecule has 0 aliphatic heterocycles. The number of nitrogens with zero attached hydrogens (tertiary/aromatic N) is 3. The van der Waals surface area contributed by atoms with Crippen LogP contribution in [0.1, 0.15) is 16.7 Å². The van der Waals surface area contributed by atoms with E-state index < -0.39 is 0 Å². The van der Waals surface area contributed by atoms with Gasteiger partial charge in [-0.2, -0.15) is 5.10 Å². The summed E-state index contributed by atoms with van der Waals surface area (Å²) in [6.45, 7) is 1.61. The van der Waals surface area contributed by atoms with Gasteiger partial charge in [-0.15, -0.1) is 0 Å². The average Bonchev–Trinajstić information content (AvgIpc) is 3.16. The molecule has 0 aliphatic carbocycles. The number of halogens is 1. The van der Waals surface area contributed by atoms with Crippen LogP contribution in [0.25, 0.3) is 0 Å². The van der Waals surface area contributed by atoms with E-state index in [1.54, 1.807) is 23.1 Å². The Hall–Kier alpha value is -3.22. The second kappa shape index (κ2) is 8.75. The molecule has 0 spiro atoms. The van der Waals surface area contributed by atoms with E-state index in [1.165, 1.54) is 18.5 Å². The number of amides is 2. The zero-order valence-corrected chi connectivity index (χ0v) is 14.2. The molecule has 6 nitrogen and oxygen atoms in total. The summed E-state index contributed by atoms with van der Waals surface area (Å²) in [5.74, 6) is -0.258. The molecule has 0 atom stereocenters. The molecule has 1 heterocycles. The Balaban J connectivity index is 1.37. The Morgan fingerprint density at radius 1 is 0.962 bits per heavy atom. The van der Waals surface area contributed by atoms with Crippen molar-refractivity contribution in [3.8, 4) is 0 Å². The monoisotopic (exact) mass is 353 g/mol. The SMILES string of the molecule is O=C(NCCc1ccc(F)cc1)NCc1ccc(Cn2cncn2)cc1. The van der Waals surface area contributed by atoms with Crippen molar-refractivity contribution in [3.05, 3.63) is 83.7 Å². The smallest absolute Gasteiger partial charge is 0.315 e. The molecule has 2 N–H and O–H groups in total. The number of hydrogen-bond donors (Lipinski definition) is 2. The first-order chi connectivity index (χ1) is 12.7. The Kier molecular flexibility index (Phi) is 5.92. The molecule has 0 aliphatic rings. The minimum atomic E-state index is -0.258. The van der Waals surface area contributed by atoms with Crippen LogP contribution < -0.4 is 10.6 Å². The van der Waals surface area contributed by atoms with Gasteiger partial charge in [-0.25, -0.2) is 18.9 Å². The molecule has 1 aromatic heterocycles. The second-order valence-electron chi connectivity index (χ2n) is 5.90. The van der Waals surface area contributed by atoms with Crippen LogP contribution in [0.2, 0.25) is 0 Å². The number of carbonyl (C=O) groups is 1. The zero-order chi connectivity index (χ0) is 18.2. The summed E-state index contributed by atoms with van der Waals surface area (Å²) >= 11 is 0. The third-order valence-corrected chi connectivity index (χ3v) is 3.90. The molecule has 0 fully saturated rings. The summed E-state index contributed by atoms with van der Waals surface area (Å²) in [5.41, 5.74) is 3.11. The van der Waals surface area contributed by atoms with E-state index in [4.69, 9.17) is 0 Å². The minimum absolute atomic E-state index is 0.223. The van der Waals surface area contributed by atoms with E-state index in [0.717, 1.165) is 16.7 Å². The van der Waals surface area contributed by atoms with E-state index in [1.807, 2.05) is 24.3 Å².